The summed E-state index contributed by atoms with van der Waals surface area (Å²) in [5.74, 6) is 0.132. The van der Waals surface area contributed by atoms with Gasteiger partial charge >= 0.3 is 0 Å². The summed E-state index contributed by atoms with van der Waals surface area (Å²) in [5, 5.41) is 4.84. The minimum Gasteiger partial charge on any atom is -0.368 e. The zero-order chi connectivity index (χ0) is 18.6. The first-order valence-corrected chi connectivity index (χ1v) is 9.25. The second-order valence-electron chi connectivity index (χ2n) is 6.70. The van der Waals surface area contributed by atoms with E-state index in [4.69, 9.17) is 0 Å². The maximum Gasteiger partial charge on any atom is 0.224 e. The second kappa shape index (κ2) is 7.61. The highest BCUT2D eigenvalue weighted by Crippen LogP contribution is 2.16. The molecule has 1 aliphatic heterocycles. The fourth-order valence-corrected chi connectivity index (χ4v) is 3.55. The number of carbonyl (C=O) groups excluding carboxylic acids is 1. The lowest BCUT2D eigenvalue weighted by Crippen LogP contribution is -2.49. The van der Waals surface area contributed by atoms with E-state index < -0.39 is 0 Å². The molecule has 1 saturated heterocycles. The van der Waals surface area contributed by atoms with E-state index >= 15 is 0 Å². The molecule has 0 spiro atoms. The average Bonchev–Trinajstić information content (AvgIpc) is 2.74. The molecule has 0 unspecified atom stereocenters. The van der Waals surface area contributed by atoms with Crippen molar-refractivity contribution < 1.29 is 4.79 Å². The molecule has 3 aromatic rings. The monoisotopic (exact) mass is 362 g/mol. The van der Waals surface area contributed by atoms with E-state index in [9.17, 15) is 9.59 Å². The quantitative estimate of drug-likeness (QED) is 0.713. The Kier molecular flexibility index (Phi) is 4.87. The van der Waals surface area contributed by atoms with E-state index in [1.807, 2.05) is 41.3 Å². The molecule has 1 amide bonds. The maximum atomic E-state index is 12.6. The first kappa shape index (κ1) is 17.3. The zero-order valence-corrected chi connectivity index (χ0v) is 15.1. The van der Waals surface area contributed by atoms with Gasteiger partial charge in [-0.1, -0.05) is 30.3 Å². The Labute approximate surface area is 157 Å². The third kappa shape index (κ3) is 3.69. The topological polar surface area (TPSA) is 58.4 Å². The van der Waals surface area contributed by atoms with Gasteiger partial charge < -0.3 is 9.80 Å². The molecule has 0 atom stereocenters. The van der Waals surface area contributed by atoms with Crippen molar-refractivity contribution in [3.63, 3.8) is 0 Å². The minimum absolute atomic E-state index is 0.0924. The van der Waals surface area contributed by atoms with Gasteiger partial charge in [0.15, 0.2) is 0 Å². The van der Waals surface area contributed by atoms with E-state index in [2.05, 4.69) is 22.1 Å². The van der Waals surface area contributed by atoms with Gasteiger partial charge in [-0.2, -0.15) is 5.10 Å². The van der Waals surface area contributed by atoms with Crippen molar-refractivity contribution in [1.29, 1.82) is 0 Å². The van der Waals surface area contributed by atoms with Gasteiger partial charge in [0.25, 0.3) is 0 Å². The number of benzene rings is 2. The van der Waals surface area contributed by atoms with Crippen molar-refractivity contribution in [1.82, 2.24) is 14.7 Å². The third-order valence-corrected chi connectivity index (χ3v) is 5.05. The molecule has 6 heteroatoms. The SMILES string of the molecule is O=C(CCn1ncc(=O)c2ccccc21)N1CCN(c2ccccc2)CC1. The highest BCUT2D eigenvalue weighted by atomic mass is 16.2. The van der Waals surface area contributed by atoms with Crippen molar-refractivity contribution in [2.45, 2.75) is 13.0 Å². The Morgan fingerprint density at radius 3 is 2.41 bits per heavy atom. The van der Waals surface area contributed by atoms with Crippen LogP contribution in [0.1, 0.15) is 6.42 Å². The van der Waals surface area contributed by atoms with Crippen LogP contribution >= 0.6 is 0 Å². The van der Waals surface area contributed by atoms with Crippen LogP contribution in [0.4, 0.5) is 5.69 Å². The van der Waals surface area contributed by atoms with E-state index in [0.717, 1.165) is 31.7 Å². The number of fused-ring (bicyclic) bond motifs is 1. The summed E-state index contributed by atoms with van der Waals surface area (Å²) in [6.07, 6.45) is 1.71. The number of piperazine rings is 1. The summed E-state index contributed by atoms with van der Waals surface area (Å²) in [4.78, 5) is 28.8. The maximum absolute atomic E-state index is 12.6. The molecule has 0 radical (unpaired) electrons. The number of rotatable bonds is 4. The third-order valence-electron chi connectivity index (χ3n) is 5.05. The summed E-state index contributed by atoms with van der Waals surface area (Å²) in [7, 11) is 0. The average molecular weight is 362 g/mol. The fraction of sp³-hybridized carbons (Fsp3) is 0.286. The minimum atomic E-state index is -0.0924. The molecule has 27 heavy (non-hydrogen) atoms. The number of aromatic nitrogens is 2. The Balaban J connectivity index is 1.37. The van der Waals surface area contributed by atoms with Crippen LogP contribution in [0.15, 0.2) is 65.6 Å². The van der Waals surface area contributed by atoms with Gasteiger partial charge in [-0.15, -0.1) is 0 Å². The van der Waals surface area contributed by atoms with E-state index in [0.29, 0.717) is 18.4 Å². The highest BCUT2D eigenvalue weighted by molar-refractivity contribution is 5.79. The van der Waals surface area contributed by atoms with E-state index in [-0.39, 0.29) is 11.3 Å². The van der Waals surface area contributed by atoms with Crippen molar-refractivity contribution in [3.05, 3.63) is 71.0 Å². The van der Waals surface area contributed by atoms with Crippen LogP contribution in [-0.2, 0) is 11.3 Å². The largest absolute Gasteiger partial charge is 0.368 e. The first-order chi connectivity index (χ1) is 13.2. The van der Waals surface area contributed by atoms with Crippen LogP contribution in [0.3, 0.4) is 0 Å². The summed E-state index contributed by atoms with van der Waals surface area (Å²) < 4.78 is 1.74. The number of aryl methyl sites for hydroxylation is 1. The van der Waals surface area contributed by atoms with Gasteiger partial charge in [0, 0.05) is 43.7 Å². The summed E-state index contributed by atoms with van der Waals surface area (Å²) in [6, 6.07) is 17.7. The van der Waals surface area contributed by atoms with Gasteiger partial charge in [-0.25, -0.2) is 0 Å². The molecule has 6 nitrogen and oxygen atoms in total. The Hall–Kier alpha value is -3.15. The molecule has 1 fully saturated rings. The molecule has 2 heterocycles. The summed E-state index contributed by atoms with van der Waals surface area (Å²) in [6.45, 7) is 3.61. The normalized spacial score (nSPS) is 14.5. The number of hydrogen-bond acceptors (Lipinski definition) is 4. The standard InChI is InChI=1S/C21H22N4O2/c26-20-16-22-25(19-9-5-4-8-18(19)20)11-10-21(27)24-14-12-23(13-15-24)17-6-2-1-3-7-17/h1-9,16H,10-15H2. The van der Waals surface area contributed by atoms with Crippen molar-refractivity contribution >= 4 is 22.5 Å². The first-order valence-electron chi connectivity index (χ1n) is 9.25. The van der Waals surface area contributed by atoms with Gasteiger partial charge in [0.05, 0.1) is 18.3 Å². The van der Waals surface area contributed by atoms with Gasteiger partial charge in [-0.05, 0) is 24.3 Å². The van der Waals surface area contributed by atoms with Crippen molar-refractivity contribution in [2.75, 3.05) is 31.1 Å². The summed E-state index contributed by atoms with van der Waals surface area (Å²) in [5.41, 5.74) is 1.88. The molecule has 0 bridgehead atoms. The Bertz CT molecular complexity index is 992. The molecule has 0 aliphatic carbocycles. The van der Waals surface area contributed by atoms with E-state index in [1.54, 1.807) is 10.7 Å². The molecular formula is C21H22N4O2. The molecular weight excluding hydrogens is 340 g/mol. The van der Waals surface area contributed by atoms with Crippen LogP contribution in [0.2, 0.25) is 0 Å². The smallest absolute Gasteiger partial charge is 0.224 e. The van der Waals surface area contributed by atoms with Gasteiger partial charge in [0.1, 0.15) is 0 Å². The molecule has 4 rings (SSSR count). The van der Waals surface area contributed by atoms with Crippen LogP contribution in [-0.4, -0.2) is 46.8 Å². The van der Waals surface area contributed by atoms with Crippen LogP contribution in [0.25, 0.3) is 10.9 Å². The zero-order valence-electron chi connectivity index (χ0n) is 15.1. The fourth-order valence-electron chi connectivity index (χ4n) is 3.55. The Morgan fingerprint density at radius 2 is 1.63 bits per heavy atom. The van der Waals surface area contributed by atoms with Crippen LogP contribution in [0, 0.1) is 0 Å². The van der Waals surface area contributed by atoms with Gasteiger partial charge in [-0.3, -0.25) is 14.3 Å². The highest BCUT2D eigenvalue weighted by Gasteiger charge is 2.21. The van der Waals surface area contributed by atoms with Crippen LogP contribution in [0.5, 0.6) is 0 Å². The number of hydrogen-bond donors (Lipinski definition) is 0. The van der Waals surface area contributed by atoms with Crippen molar-refractivity contribution in [2.24, 2.45) is 0 Å². The lowest BCUT2D eigenvalue weighted by molar-refractivity contribution is -0.131. The molecule has 0 saturated carbocycles. The molecule has 0 N–H and O–H groups in total. The van der Waals surface area contributed by atoms with Gasteiger partial charge in [0.2, 0.25) is 11.3 Å². The van der Waals surface area contributed by atoms with Crippen molar-refractivity contribution in [3.8, 4) is 0 Å². The molecule has 138 valence electrons. The summed E-state index contributed by atoms with van der Waals surface area (Å²) >= 11 is 0. The molecule has 1 aliphatic rings. The number of nitrogens with zero attached hydrogens (tertiary/aromatic N) is 4. The molecule has 2 aromatic carbocycles. The number of para-hydroxylation sites is 2. The number of amides is 1. The lowest BCUT2D eigenvalue weighted by atomic mass is 10.2. The number of carbonyl (C=O) groups is 1. The van der Waals surface area contributed by atoms with Crippen LogP contribution < -0.4 is 10.3 Å². The predicted molar refractivity (Wildman–Crippen MR) is 106 cm³/mol. The lowest BCUT2D eigenvalue weighted by Gasteiger charge is -2.36. The number of anilines is 1. The molecule has 1 aromatic heterocycles. The van der Waals surface area contributed by atoms with E-state index in [1.165, 1.54) is 11.9 Å². The predicted octanol–water partition coefficient (Wildman–Crippen LogP) is 2.14. The Morgan fingerprint density at radius 1 is 0.926 bits per heavy atom. The second-order valence-corrected chi connectivity index (χ2v) is 6.70.